The second-order valence-corrected chi connectivity index (χ2v) is 6.55. The summed E-state index contributed by atoms with van der Waals surface area (Å²) in [4.78, 5) is 12.7. The predicted octanol–water partition coefficient (Wildman–Crippen LogP) is 3.66. The lowest BCUT2D eigenvalue weighted by molar-refractivity contribution is -0.384. The zero-order valence-electron chi connectivity index (χ0n) is 13.5. The maximum absolute atomic E-state index is 13.8. The van der Waals surface area contributed by atoms with Crippen molar-refractivity contribution in [3.8, 4) is 0 Å². The molecule has 1 atom stereocenters. The second kappa shape index (κ2) is 6.78. The van der Waals surface area contributed by atoms with Gasteiger partial charge in [-0.25, -0.2) is 9.07 Å². The summed E-state index contributed by atoms with van der Waals surface area (Å²) in [5.41, 5.74) is 0.743. The SMILES string of the molecule is Cc1nn(C)c(N2CCOC(c3cc(F)c(Cl)cc3Cl)C2)c1[N+](=O)[O-]. The van der Waals surface area contributed by atoms with Crippen LogP contribution in [-0.2, 0) is 11.8 Å². The van der Waals surface area contributed by atoms with Gasteiger partial charge in [0.05, 0.1) is 23.1 Å². The van der Waals surface area contributed by atoms with E-state index in [0.29, 0.717) is 30.2 Å². The molecule has 1 aromatic heterocycles. The number of aromatic nitrogens is 2. The van der Waals surface area contributed by atoms with Crippen LogP contribution in [0.4, 0.5) is 15.9 Å². The number of aryl methyl sites for hydroxylation is 2. The molecule has 0 radical (unpaired) electrons. The molecule has 134 valence electrons. The number of ether oxygens (including phenoxy) is 1. The number of nitro groups is 1. The summed E-state index contributed by atoms with van der Waals surface area (Å²) in [7, 11) is 1.65. The fraction of sp³-hybridized carbons (Fsp3) is 0.400. The summed E-state index contributed by atoms with van der Waals surface area (Å²) >= 11 is 11.9. The van der Waals surface area contributed by atoms with Crippen LogP contribution in [0.15, 0.2) is 12.1 Å². The van der Waals surface area contributed by atoms with Gasteiger partial charge in [0, 0.05) is 24.2 Å². The maximum atomic E-state index is 13.8. The highest BCUT2D eigenvalue weighted by molar-refractivity contribution is 6.35. The number of morpholine rings is 1. The van der Waals surface area contributed by atoms with Crippen LogP contribution in [0.1, 0.15) is 17.4 Å². The zero-order chi connectivity index (χ0) is 18.3. The lowest BCUT2D eigenvalue weighted by Crippen LogP contribution is -2.39. The maximum Gasteiger partial charge on any atom is 0.333 e. The Kier molecular flexibility index (Phi) is 4.86. The number of anilines is 1. The lowest BCUT2D eigenvalue weighted by atomic mass is 10.1. The normalized spacial score (nSPS) is 17.8. The largest absolute Gasteiger partial charge is 0.370 e. The van der Waals surface area contributed by atoms with Gasteiger partial charge in [-0.15, -0.1) is 0 Å². The fourth-order valence-electron chi connectivity index (χ4n) is 3.02. The Labute approximate surface area is 153 Å². The highest BCUT2D eigenvalue weighted by atomic mass is 35.5. The molecule has 1 aromatic carbocycles. The molecular weight excluding hydrogens is 374 g/mol. The Morgan fingerprint density at radius 3 is 2.80 bits per heavy atom. The van der Waals surface area contributed by atoms with Crippen molar-refractivity contribution < 1.29 is 14.1 Å². The molecule has 0 aliphatic carbocycles. The van der Waals surface area contributed by atoms with Crippen molar-refractivity contribution in [1.29, 1.82) is 0 Å². The van der Waals surface area contributed by atoms with Crippen molar-refractivity contribution >= 4 is 34.7 Å². The first-order valence-electron chi connectivity index (χ1n) is 7.48. The summed E-state index contributed by atoms with van der Waals surface area (Å²) in [6, 6.07) is 2.56. The van der Waals surface area contributed by atoms with Gasteiger partial charge in [-0.2, -0.15) is 5.10 Å². The lowest BCUT2D eigenvalue weighted by Gasteiger charge is -2.34. The van der Waals surface area contributed by atoms with E-state index >= 15 is 0 Å². The highest BCUT2D eigenvalue weighted by Crippen LogP contribution is 2.36. The average molecular weight is 389 g/mol. The van der Waals surface area contributed by atoms with E-state index in [2.05, 4.69) is 5.10 Å². The molecule has 10 heteroatoms. The van der Waals surface area contributed by atoms with E-state index in [1.807, 2.05) is 0 Å². The topological polar surface area (TPSA) is 73.4 Å². The van der Waals surface area contributed by atoms with Crippen LogP contribution in [0.3, 0.4) is 0 Å². The second-order valence-electron chi connectivity index (χ2n) is 5.73. The Morgan fingerprint density at radius 1 is 1.40 bits per heavy atom. The van der Waals surface area contributed by atoms with Crippen LogP contribution >= 0.6 is 23.2 Å². The molecule has 25 heavy (non-hydrogen) atoms. The third-order valence-corrected chi connectivity index (χ3v) is 4.71. The van der Waals surface area contributed by atoms with Crippen LogP contribution in [-0.4, -0.2) is 34.4 Å². The Morgan fingerprint density at radius 2 is 2.12 bits per heavy atom. The number of halogens is 3. The minimum absolute atomic E-state index is 0.0449. The molecule has 1 unspecified atom stereocenters. The number of nitrogens with zero attached hydrogens (tertiary/aromatic N) is 4. The van der Waals surface area contributed by atoms with Crippen LogP contribution in [0.2, 0.25) is 10.0 Å². The van der Waals surface area contributed by atoms with Crippen molar-refractivity contribution in [3.63, 3.8) is 0 Å². The monoisotopic (exact) mass is 388 g/mol. The molecule has 2 aromatic rings. The van der Waals surface area contributed by atoms with E-state index in [9.17, 15) is 14.5 Å². The van der Waals surface area contributed by atoms with Gasteiger partial charge in [-0.05, 0) is 19.1 Å². The highest BCUT2D eigenvalue weighted by Gasteiger charge is 2.33. The summed E-state index contributed by atoms with van der Waals surface area (Å²) in [5.74, 6) is -0.203. The molecular formula is C15H15Cl2FN4O3. The van der Waals surface area contributed by atoms with Crippen molar-refractivity contribution in [3.05, 3.63) is 49.4 Å². The Bertz CT molecular complexity index is 843. The van der Waals surface area contributed by atoms with Crippen LogP contribution in [0, 0.1) is 22.9 Å². The van der Waals surface area contributed by atoms with Gasteiger partial charge < -0.3 is 9.64 Å². The van der Waals surface area contributed by atoms with E-state index in [4.69, 9.17) is 27.9 Å². The van der Waals surface area contributed by atoms with E-state index in [0.717, 1.165) is 0 Å². The standard InChI is InChI=1S/C15H15Cl2FN4O3/c1-8-14(22(23)24)15(20(2)19-8)21-3-4-25-13(7-21)9-5-12(18)11(17)6-10(9)16/h5-6,13H,3-4,7H2,1-2H3. The zero-order valence-corrected chi connectivity index (χ0v) is 15.0. The molecule has 1 aliphatic heterocycles. The van der Waals surface area contributed by atoms with E-state index in [-0.39, 0.29) is 22.3 Å². The fourth-order valence-corrected chi connectivity index (χ4v) is 3.52. The summed E-state index contributed by atoms with van der Waals surface area (Å²) < 4.78 is 21.0. The summed E-state index contributed by atoms with van der Waals surface area (Å²) in [6.07, 6.45) is -0.539. The third-order valence-electron chi connectivity index (χ3n) is 4.10. The van der Waals surface area contributed by atoms with Gasteiger partial charge in [0.15, 0.2) is 0 Å². The number of benzene rings is 1. The van der Waals surface area contributed by atoms with E-state index in [1.165, 1.54) is 16.8 Å². The molecule has 7 nitrogen and oxygen atoms in total. The van der Waals surface area contributed by atoms with Gasteiger partial charge in [0.25, 0.3) is 0 Å². The van der Waals surface area contributed by atoms with Crippen LogP contribution in [0.25, 0.3) is 0 Å². The molecule has 0 bridgehead atoms. The van der Waals surface area contributed by atoms with E-state index in [1.54, 1.807) is 18.9 Å². The van der Waals surface area contributed by atoms with Crippen molar-refractivity contribution in [2.45, 2.75) is 13.0 Å². The van der Waals surface area contributed by atoms with Gasteiger partial charge in [0.1, 0.15) is 17.6 Å². The molecule has 0 N–H and O–H groups in total. The first-order valence-corrected chi connectivity index (χ1v) is 8.24. The number of hydrogen-bond donors (Lipinski definition) is 0. The molecule has 0 saturated carbocycles. The van der Waals surface area contributed by atoms with Gasteiger partial charge in [-0.3, -0.25) is 10.1 Å². The summed E-state index contributed by atoms with van der Waals surface area (Å²) in [5, 5.41) is 15.7. The molecule has 1 fully saturated rings. The quantitative estimate of drug-likeness (QED) is 0.455. The first-order chi connectivity index (χ1) is 11.8. The van der Waals surface area contributed by atoms with Gasteiger partial charge in [-0.1, -0.05) is 23.2 Å². The minimum atomic E-state index is -0.593. The van der Waals surface area contributed by atoms with Crippen LogP contribution < -0.4 is 4.90 Å². The van der Waals surface area contributed by atoms with Gasteiger partial charge in [0.2, 0.25) is 5.82 Å². The average Bonchev–Trinajstić information content (AvgIpc) is 2.85. The number of rotatable bonds is 3. The molecule has 2 heterocycles. The Hall–Kier alpha value is -1.90. The van der Waals surface area contributed by atoms with Crippen molar-refractivity contribution in [2.75, 3.05) is 24.6 Å². The first kappa shape index (κ1) is 17.9. The molecule has 1 aliphatic rings. The summed E-state index contributed by atoms with van der Waals surface area (Å²) in [6.45, 7) is 2.63. The molecule has 1 saturated heterocycles. The predicted molar refractivity (Wildman–Crippen MR) is 91.9 cm³/mol. The van der Waals surface area contributed by atoms with Crippen LogP contribution in [0.5, 0.6) is 0 Å². The Balaban J connectivity index is 1.95. The minimum Gasteiger partial charge on any atom is -0.370 e. The molecule has 3 rings (SSSR count). The van der Waals surface area contributed by atoms with E-state index < -0.39 is 16.8 Å². The van der Waals surface area contributed by atoms with Gasteiger partial charge >= 0.3 is 5.69 Å². The number of hydrogen-bond acceptors (Lipinski definition) is 5. The molecule has 0 spiro atoms. The molecule has 0 amide bonds. The van der Waals surface area contributed by atoms with Crippen molar-refractivity contribution in [1.82, 2.24) is 9.78 Å². The van der Waals surface area contributed by atoms with Crippen molar-refractivity contribution in [2.24, 2.45) is 7.05 Å². The third kappa shape index (κ3) is 3.29. The smallest absolute Gasteiger partial charge is 0.333 e.